The summed E-state index contributed by atoms with van der Waals surface area (Å²) < 4.78 is 13.4. The van der Waals surface area contributed by atoms with Gasteiger partial charge in [-0.3, -0.25) is 0 Å². The van der Waals surface area contributed by atoms with Crippen LogP contribution in [0.4, 0.5) is 9.18 Å². The van der Waals surface area contributed by atoms with E-state index in [-0.39, 0.29) is 11.7 Å². The Bertz CT molecular complexity index is 465. The summed E-state index contributed by atoms with van der Waals surface area (Å²) in [6.07, 6.45) is 3.79. The van der Waals surface area contributed by atoms with E-state index in [1.807, 2.05) is 0 Å². The molecule has 1 aromatic rings. The summed E-state index contributed by atoms with van der Waals surface area (Å²) in [5.41, 5.74) is 5.73. The molecule has 1 aliphatic rings. The van der Waals surface area contributed by atoms with Crippen molar-refractivity contribution in [2.45, 2.75) is 31.6 Å². The fraction of sp³-hybridized carbons (Fsp3) is 0.500. The average Bonchev–Trinajstić information content (AvgIpc) is 2.40. The molecule has 19 heavy (non-hydrogen) atoms. The van der Waals surface area contributed by atoms with E-state index in [0.29, 0.717) is 18.0 Å². The van der Waals surface area contributed by atoms with E-state index in [4.69, 9.17) is 5.73 Å². The molecule has 0 saturated heterocycles. The van der Waals surface area contributed by atoms with Crippen LogP contribution >= 0.6 is 0 Å². The van der Waals surface area contributed by atoms with Gasteiger partial charge in [0, 0.05) is 12.1 Å². The summed E-state index contributed by atoms with van der Waals surface area (Å²) in [6, 6.07) is 4.13. The van der Waals surface area contributed by atoms with Crippen LogP contribution in [0.5, 0.6) is 5.75 Å². The number of carbonyl (C=O) groups is 1. The highest BCUT2D eigenvalue weighted by Crippen LogP contribution is 2.40. The van der Waals surface area contributed by atoms with E-state index < -0.39 is 11.8 Å². The highest BCUT2D eigenvalue weighted by molar-refractivity contribution is 5.71. The minimum Gasteiger partial charge on any atom is -0.505 e. The van der Waals surface area contributed by atoms with Crippen LogP contribution in [-0.4, -0.2) is 17.7 Å². The van der Waals surface area contributed by atoms with Crippen molar-refractivity contribution in [1.82, 2.24) is 5.32 Å². The van der Waals surface area contributed by atoms with Crippen LogP contribution in [0, 0.1) is 11.7 Å². The first-order valence-electron chi connectivity index (χ1n) is 6.58. The molecule has 1 saturated carbocycles. The maximum Gasteiger partial charge on any atom is 0.312 e. The van der Waals surface area contributed by atoms with Gasteiger partial charge in [0.25, 0.3) is 0 Å². The van der Waals surface area contributed by atoms with Crippen molar-refractivity contribution in [2.24, 2.45) is 11.7 Å². The molecule has 2 amide bonds. The summed E-state index contributed by atoms with van der Waals surface area (Å²) in [7, 11) is 0. The Hall–Kier alpha value is -1.78. The van der Waals surface area contributed by atoms with Gasteiger partial charge in [0.2, 0.25) is 0 Å². The van der Waals surface area contributed by atoms with Crippen molar-refractivity contribution in [3.63, 3.8) is 0 Å². The van der Waals surface area contributed by atoms with Gasteiger partial charge in [-0.25, -0.2) is 9.18 Å². The van der Waals surface area contributed by atoms with Crippen LogP contribution < -0.4 is 11.1 Å². The Balaban J connectivity index is 2.04. The number of hydrogen-bond acceptors (Lipinski definition) is 2. The highest BCUT2D eigenvalue weighted by Gasteiger charge is 2.25. The molecule has 0 aliphatic heterocycles. The first-order valence-corrected chi connectivity index (χ1v) is 6.58. The third-order valence-corrected chi connectivity index (χ3v) is 3.81. The van der Waals surface area contributed by atoms with Crippen molar-refractivity contribution in [3.05, 3.63) is 29.6 Å². The van der Waals surface area contributed by atoms with Crippen LogP contribution in [-0.2, 0) is 0 Å². The van der Waals surface area contributed by atoms with Gasteiger partial charge < -0.3 is 16.2 Å². The SMILES string of the molecule is NC(=O)NCC1CCCC(c2cccc(F)c2O)C1. The number of halogens is 1. The summed E-state index contributed by atoms with van der Waals surface area (Å²) in [4.78, 5) is 10.7. The van der Waals surface area contributed by atoms with Gasteiger partial charge >= 0.3 is 6.03 Å². The van der Waals surface area contributed by atoms with Crippen LogP contribution in [0.25, 0.3) is 0 Å². The first-order chi connectivity index (χ1) is 9.08. The molecule has 2 rings (SSSR count). The van der Waals surface area contributed by atoms with Gasteiger partial charge in [-0.05, 0) is 37.2 Å². The number of phenolic OH excluding ortho intramolecular Hbond substituents is 1. The standard InChI is InChI=1S/C14H19FN2O2/c15-12-6-2-5-11(13(12)18)10-4-1-3-9(7-10)8-17-14(16)19/h2,5-6,9-10,18H,1,3-4,7-8H2,(H3,16,17,19). The van der Waals surface area contributed by atoms with E-state index in [0.717, 1.165) is 25.7 Å². The van der Waals surface area contributed by atoms with Gasteiger partial charge in [-0.1, -0.05) is 18.6 Å². The van der Waals surface area contributed by atoms with E-state index >= 15 is 0 Å². The second-order valence-corrected chi connectivity index (χ2v) is 5.15. The Labute approximate surface area is 111 Å². The fourth-order valence-corrected chi connectivity index (χ4v) is 2.87. The predicted molar refractivity (Wildman–Crippen MR) is 70.3 cm³/mol. The van der Waals surface area contributed by atoms with Crippen LogP contribution in [0.2, 0.25) is 0 Å². The highest BCUT2D eigenvalue weighted by atomic mass is 19.1. The Morgan fingerprint density at radius 1 is 1.47 bits per heavy atom. The zero-order valence-electron chi connectivity index (χ0n) is 10.7. The van der Waals surface area contributed by atoms with E-state index in [1.54, 1.807) is 12.1 Å². The molecule has 4 nitrogen and oxygen atoms in total. The molecule has 1 fully saturated rings. The predicted octanol–water partition coefficient (Wildman–Crippen LogP) is 2.47. The van der Waals surface area contributed by atoms with Crippen molar-refractivity contribution < 1.29 is 14.3 Å². The molecule has 5 heteroatoms. The maximum absolute atomic E-state index is 13.4. The van der Waals surface area contributed by atoms with Crippen molar-refractivity contribution >= 4 is 6.03 Å². The lowest BCUT2D eigenvalue weighted by molar-refractivity contribution is 0.242. The number of carbonyl (C=O) groups excluding carboxylic acids is 1. The van der Waals surface area contributed by atoms with Crippen molar-refractivity contribution in [3.8, 4) is 5.75 Å². The largest absolute Gasteiger partial charge is 0.505 e. The minimum absolute atomic E-state index is 0.143. The number of para-hydroxylation sites is 1. The summed E-state index contributed by atoms with van der Waals surface area (Å²) in [5.74, 6) is -0.344. The number of aromatic hydroxyl groups is 1. The number of phenols is 1. The second-order valence-electron chi connectivity index (χ2n) is 5.15. The zero-order chi connectivity index (χ0) is 13.8. The monoisotopic (exact) mass is 266 g/mol. The Kier molecular flexibility index (Phi) is 4.24. The first kappa shape index (κ1) is 13.6. The zero-order valence-corrected chi connectivity index (χ0v) is 10.7. The number of rotatable bonds is 3. The summed E-state index contributed by atoms with van der Waals surface area (Å²) >= 11 is 0. The number of benzene rings is 1. The molecule has 0 spiro atoms. The molecule has 0 aromatic heterocycles. The molecular weight excluding hydrogens is 247 g/mol. The number of nitrogens with one attached hydrogen (secondary N) is 1. The molecule has 1 aliphatic carbocycles. The molecule has 0 bridgehead atoms. The Morgan fingerprint density at radius 3 is 3.00 bits per heavy atom. The van der Waals surface area contributed by atoms with Crippen LogP contribution in [0.1, 0.15) is 37.2 Å². The molecule has 104 valence electrons. The lowest BCUT2D eigenvalue weighted by atomic mass is 9.77. The summed E-state index contributed by atoms with van der Waals surface area (Å²) in [5, 5.41) is 12.4. The molecule has 1 aromatic carbocycles. The van der Waals surface area contributed by atoms with Gasteiger partial charge in [-0.2, -0.15) is 0 Å². The van der Waals surface area contributed by atoms with Gasteiger partial charge in [0.15, 0.2) is 11.6 Å². The molecule has 2 atom stereocenters. The van der Waals surface area contributed by atoms with Gasteiger partial charge in [0.05, 0.1) is 0 Å². The van der Waals surface area contributed by atoms with Crippen molar-refractivity contribution in [2.75, 3.05) is 6.54 Å². The van der Waals surface area contributed by atoms with Gasteiger partial charge in [-0.15, -0.1) is 0 Å². The average molecular weight is 266 g/mol. The topological polar surface area (TPSA) is 75.4 Å². The Morgan fingerprint density at radius 2 is 2.26 bits per heavy atom. The van der Waals surface area contributed by atoms with E-state index in [9.17, 15) is 14.3 Å². The third kappa shape index (κ3) is 3.36. The normalized spacial score (nSPS) is 23.0. The van der Waals surface area contributed by atoms with Crippen LogP contribution in [0.15, 0.2) is 18.2 Å². The second kappa shape index (κ2) is 5.91. The molecular formula is C14H19FN2O2. The van der Waals surface area contributed by atoms with Gasteiger partial charge in [0.1, 0.15) is 0 Å². The smallest absolute Gasteiger partial charge is 0.312 e. The summed E-state index contributed by atoms with van der Waals surface area (Å²) in [6.45, 7) is 0.544. The third-order valence-electron chi connectivity index (χ3n) is 3.81. The number of primary amides is 1. The number of hydrogen-bond donors (Lipinski definition) is 3. The quantitative estimate of drug-likeness (QED) is 0.786. The van der Waals surface area contributed by atoms with E-state index in [2.05, 4.69) is 5.32 Å². The number of nitrogens with two attached hydrogens (primary N) is 1. The van der Waals surface area contributed by atoms with Crippen LogP contribution in [0.3, 0.4) is 0 Å². The molecule has 0 radical (unpaired) electrons. The molecule has 2 unspecified atom stereocenters. The van der Waals surface area contributed by atoms with Crippen molar-refractivity contribution in [1.29, 1.82) is 0 Å². The maximum atomic E-state index is 13.4. The van der Waals surface area contributed by atoms with E-state index in [1.165, 1.54) is 6.07 Å². The fourth-order valence-electron chi connectivity index (χ4n) is 2.87. The lowest BCUT2D eigenvalue weighted by Gasteiger charge is -2.29. The number of urea groups is 1. The molecule has 0 heterocycles. The minimum atomic E-state index is -0.574. The number of amides is 2. The molecule has 4 N–H and O–H groups in total. The lowest BCUT2D eigenvalue weighted by Crippen LogP contribution is -2.35.